The second-order valence-corrected chi connectivity index (χ2v) is 5.18. The van der Waals surface area contributed by atoms with Crippen molar-refractivity contribution in [3.63, 3.8) is 0 Å². The number of nitro groups is 1. The fourth-order valence-corrected chi connectivity index (χ4v) is 2.28. The molecule has 0 saturated carbocycles. The lowest BCUT2D eigenvalue weighted by Crippen LogP contribution is -2.15. The second kappa shape index (κ2) is 7.86. The zero-order valence-electron chi connectivity index (χ0n) is 12.5. The molecule has 1 aliphatic heterocycles. The van der Waals surface area contributed by atoms with Crippen LogP contribution in [0.25, 0.3) is 0 Å². The second-order valence-electron chi connectivity index (χ2n) is 5.18. The number of nitrogens with zero attached hydrogens (tertiary/aromatic N) is 1. The van der Waals surface area contributed by atoms with Crippen LogP contribution in [0, 0.1) is 10.1 Å². The molecule has 0 amide bonds. The quantitative estimate of drug-likeness (QED) is 0.343. The van der Waals surface area contributed by atoms with E-state index < -0.39 is 4.92 Å². The Balaban J connectivity index is 1.83. The largest absolute Gasteiger partial charge is 0.384 e. The van der Waals surface area contributed by atoms with Crippen LogP contribution in [0.3, 0.4) is 0 Å². The third-order valence-electron chi connectivity index (χ3n) is 3.47. The Morgan fingerprint density at radius 2 is 2.36 bits per heavy atom. The number of ketones is 1. The highest BCUT2D eigenvalue weighted by Crippen LogP contribution is 2.22. The van der Waals surface area contributed by atoms with E-state index in [0.717, 1.165) is 19.4 Å². The molecule has 0 bridgehead atoms. The summed E-state index contributed by atoms with van der Waals surface area (Å²) in [6, 6.07) is 4.26. The van der Waals surface area contributed by atoms with Gasteiger partial charge in [0.2, 0.25) is 0 Å². The fraction of sp³-hybridized carbons (Fsp3) is 0.533. The smallest absolute Gasteiger partial charge is 0.270 e. The summed E-state index contributed by atoms with van der Waals surface area (Å²) in [5.74, 6) is -0.203. The van der Waals surface area contributed by atoms with E-state index >= 15 is 0 Å². The predicted octanol–water partition coefficient (Wildman–Crippen LogP) is 2.40. The molecule has 7 nitrogen and oxygen atoms in total. The van der Waals surface area contributed by atoms with Crippen molar-refractivity contribution in [3.05, 3.63) is 33.9 Å². The summed E-state index contributed by atoms with van der Waals surface area (Å²) in [6.45, 7) is 4.06. The molecule has 0 aliphatic carbocycles. The van der Waals surface area contributed by atoms with Gasteiger partial charge in [0.1, 0.15) is 0 Å². The van der Waals surface area contributed by atoms with Gasteiger partial charge in [-0.3, -0.25) is 14.9 Å². The molecule has 0 aromatic heterocycles. The molecule has 1 aromatic rings. The Morgan fingerprint density at radius 1 is 1.55 bits per heavy atom. The number of hydrogen-bond donors (Lipinski definition) is 1. The average Bonchev–Trinajstić information content (AvgIpc) is 3.00. The van der Waals surface area contributed by atoms with Crippen LogP contribution in [-0.2, 0) is 9.47 Å². The Hall–Kier alpha value is -1.99. The van der Waals surface area contributed by atoms with Crippen molar-refractivity contribution < 1.29 is 19.2 Å². The summed E-state index contributed by atoms with van der Waals surface area (Å²) in [7, 11) is 0. The molecule has 1 unspecified atom stereocenters. The summed E-state index contributed by atoms with van der Waals surface area (Å²) in [5.41, 5.74) is 0.863. The Morgan fingerprint density at radius 3 is 3.00 bits per heavy atom. The SMILES string of the molecule is CC(=O)c1cc([N+](=O)[O-])ccc1NCCCOC1CCOC1. The average molecular weight is 308 g/mol. The van der Waals surface area contributed by atoms with Gasteiger partial charge in [-0.05, 0) is 25.8 Å². The highest BCUT2D eigenvalue weighted by Gasteiger charge is 2.16. The topological polar surface area (TPSA) is 90.7 Å². The summed E-state index contributed by atoms with van der Waals surface area (Å²) < 4.78 is 10.9. The van der Waals surface area contributed by atoms with Crippen LogP contribution in [0.1, 0.15) is 30.1 Å². The highest BCUT2D eigenvalue weighted by molar-refractivity contribution is 6.00. The molecule has 7 heteroatoms. The summed E-state index contributed by atoms with van der Waals surface area (Å²) in [5, 5.41) is 13.9. The summed E-state index contributed by atoms with van der Waals surface area (Å²) >= 11 is 0. The normalized spacial score (nSPS) is 17.4. The van der Waals surface area contributed by atoms with Crippen molar-refractivity contribution >= 4 is 17.2 Å². The minimum atomic E-state index is -0.506. The van der Waals surface area contributed by atoms with E-state index in [-0.39, 0.29) is 17.6 Å². The number of Topliss-reactive ketones (excluding diaryl/α,β-unsaturated/α-hetero) is 1. The number of ether oxygens (including phenoxy) is 2. The number of carbonyl (C=O) groups excluding carboxylic acids is 1. The number of benzene rings is 1. The van der Waals surface area contributed by atoms with Gasteiger partial charge in [0, 0.05) is 43.1 Å². The predicted molar refractivity (Wildman–Crippen MR) is 81.4 cm³/mol. The number of anilines is 1. The molecule has 1 atom stereocenters. The first-order valence-corrected chi connectivity index (χ1v) is 7.30. The van der Waals surface area contributed by atoms with Crippen molar-refractivity contribution in [2.45, 2.75) is 25.9 Å². The molecular weight excluding hydrogens is 288 g/mol. The zero-order chi connectivity index (χ0) is 15.9. The van der Waals surface area contributed by atoms with Gasteiger partial charge in [0.15, 0.2) is 5.78 Å². The van der Waals surface area contributed by atoms with Crippen molar-refractivity contribution in [1.29, 1.82) is 0 Å². The molecule has 1 saturated heterocycles. The lowest BCUT2D eigenvalue weighted by atomic mass is 10.1. The van der Waals surface area contributed by atoms with Gasteiger partial charge in [0.05, 0.1) is 17.6 Å². The molecule has 1 heterocycles. The van der Waals surface area contributed by atoms with Gasteiger partial charge in [0.25, 0.3) is 5.69 Å². The van der Waals surface area contributed by atoms with E-state index in [4.69, 9.17) is 9.47 Å². The molecule has 1 fully saturated rings. The summed E-state index contributed by atoms with van der Waals surface area (Å²) in [6.07, 6.45) is 1.90. The fourth-order valence-electron chi connectivity index (χ4n) is 2.28. The zero-order valence-corrected chi connectivity index (χ0v) is 12.5. The van der Waals surface area contributed by atoms with Crippen molar-refractivity contribution in [1.82, 2.24) is 0 Å². The van der Waals surface area contributed by atoms with E-state index in [1.807, 2.05) is 0 Å². The van der Waals surface area contributed by atoms with Crippen LogP contribution in [-0.4, -0.2) is 43.2 Å². The van der Waals surface area contributed by atoms with Crippen LogP contribution in [0.5, 0.6) is 0 Å². The van der Waals surface area contributed by atoms with Crippen LogP contribution in [0.15, 0.2) is 18.2 Å². The molecule has 1 aliphatic rings. The molecule has 120 valence electrons. The van der Waals surface area contributed by atoms with E-state index in [9.17, 15) is 14.9 Å². The number of carbonyl (C=O) groups is 1. The highest BCUT2D eigenvalue weighted by atomic mass is 16.6. The van der Waals surface area contributed by atoms with Crippen molar-refractivity contribution in [3.8, 4) is 0 Å². The third kappa shape index (κ3) is 4.51. The van der Waals surface area contributed by atoms with Crippen LogP contribution >= 0.6 is 0 Å². The van der Waals surface area contributed by atoms with E-state index in [0.29, 0.717) is 31.0 Å². The Kier molecular flexibility index (Phi) is 5.85. The van der Waals surface area contributed by atoms with Gasteiger partial charge < -0.3 is 14.8 Å². The lowest BCUT2D eigenvalue weighted by molar-refractivity contribution is -0.384. The first-order chi connectivity index (χ1) is 10.6. The number of non-ortho nitro benzene ring substituents is 1. The first kappa shape index (κ1) is 16.4. The van der Waals surface area contributed by atoms with Crippen molar-refractivity contribution in [2.24, 2.45) is 0 Å². The monoisotopic (exact) mass is 308 g/mol. The van der Waals surface area contributed by atoms with Gasteiger partial charge in [-0.1, -0.05) is 0 Å². The first-order valence-electron chi connectivity index (χ1n) is 7.30. The number of nitrogens with one attached hydrogen (secondary N) is 1. The van der Waals surface area contributed by atoms with Crippen LogP contribution in [0.4, 0.5) is 11.4 Å². The van der Waals surface area contributed by atoms with E-state index in [1.165, 1.54) is 19.1 Å². The molecule has 2 rings (SSSR count). The van der Waals surface area contributed by atoms with Crippen molar-refractivity contribution in [2.75, 3.05) is 31.7 Å². The molecule has 1 N–H and O–H groups in total. The minimum absolute atomic E-state index is 0.0830. The molecule has 0 radical (unpaired) electrons. The maximum atomic E-state index is 11.6. The summed E-state index contributed by atoms with van der Waals surface area (Å²) in [4.78, 5) is 21.9. The van der Waals surface area contributed by atoms with Gasteiger partial charge in [-0.15, -0.1) is 0 Å². The Bertz CT molecular complexity index is 541. The number of hydrogen-bond acceptors (Lipinski definition) is 6. The van der Waals surface area contributed by atoms with Crippen LogP contribution in [0.2, 0.25) is 0 Å². The number of nitro benzene ring substituents is 1. The maximum Gasteiger partial charge on any atom is 0.270 e. The molecule has 22 heavy (non-hydrogen) atoms. The molecule has 0 spiro atoms. The Labute approximate surface area is 128 Å². The van der Waals surface area contributed by atoms with Gasteiger partial charge in [-0.2, -0.15) is 0 Å². The molecular formula is C15H20N2O5. The number of rotatable bonds is 8. The lowest BCUT2D eigenvalue weighted by Gasteiger charge is -2.12. The molecule has 1 aromatic carbocycles. The maximum absolute atomic E-state index is 11.6. The van der Waals surface area contributed by atoms with Gasteiger partial charge in [-0.25, -0.2) is 0 Å². The van der Waals surface area contributed by atoms with Gasteiger partial charge >= 0.3 is 0 Å². The standard InChI is InChI=1S/C15H20N2O5/c1-11(18)14-9-12(17(19)20)3-4-15(14)16-6-2-7-22-13-5-8-21-10-13/h3-4,9,13,16H,2,5-8,10H2,1H3. The van der Waals surface area contributed by atoms with E-state index in [2.05, 4.69) is 5.32 Å². The van der Waals surface area contributed by atoms with E-state index in [1.54, 1.807) is 6.07 Å². The van der Waals surface area contributed by atoms with Crippen LogP contribution < -0.4 is 5.32 Å². The minimum Gasteiger partial charge on any atom is -0.384 e. The third-order valence-corrected chi connectivity index (χ3v) is 3.47.